The molecule has 1 aliphatic heterocycles. The maximum atomic E-state index is 12.0. The second-order valence-electron chi connectivity index (χ2n) is 5.29. The molecule has 2 heterocycles. The molecule has 0 radical (unpaired) electrons. The largest absolute Gasteiger partial charge is 0.347 e. The Morgan fingerprint density at radius 2 is 2.13 bits per heavy atom. The molecule has 122 valence electrons. The molecule has 1 saturated heterocycles. The van der Waals surface area contributed by atoms with Crippen molar-refractivity contribution in [3.05, 3.63) is 28.4 Å². The number of nitrogens with zero attached hydrogens (tertiary/aromatic N) is 4. The van der Waals surface area contributed by atoms with Crippen LogP contribution in [-0.4, -0.2) is 46.9 Å². The van der Waals surface area contributed by atoms with Crippen LogP contribution in [0.15, 0.2) is 18.3 Å². The molecule has 1 aromatic heterocycles. The Kier molecular flexibility index (Phi) is 5.92. The molecule has 23 heavy (non-hydrogen) atoms. The highest BCUT2D eigenvalue weighted by Gasteiger charge is 2.25. The van der Waals surface area contributed by atoms with Gasteiger partial charge < -0.3 is 9.80 Å². The summed E-state index contributed by atoms with van der Waals surface area (Å²) in [6, 6.07) is 2.99. The molecule has 1 aromatic rings. The smallest absolute Gasteiger partial charge is 0.311 e. The number of hydrogen-bond acceptors (Lipinski definition) is 5. The first-order valence-electron chi connectivity index (χ1n) is 7.75. The molecule has 0 aromatic carbocycles. The van der Waals surface area contributed by atoms with Crippen LogP contribution < -0.4 is 4.90 Å². The fourth-order valence-corrected chi connectivity index (χ4v) is 2.38. The van der Waals surface area contributed by atoms with E-state index >= 15 is 0 Å². The van der Waals surface area contributed by atoms with Gasteiger partial charge in [0.25, 0.3) is 5.91 Å². The summed E-state index contributed by atoms with van der Waals surface area (Å²) >= 11 is 0. The van der Waals surface area contributed by atoms with Gasteiger partial charge in [-0.15, -0.1) is 0 Å². The first kappa shape index (κ1) is 16.7. The second kappa shape index (κ2) is 8.13. The third-order valence-electron chi connectivity index (χ3n) is 3.68. The summed E-state index contributed by atoms with van der Waals surface area (Å²) in [5, 5.41) is 11.1. The van der Waals surface area contributed by atoms with Crippen molar-refractivity contribution in [1.29, 1.82) is 0 Å². The summed E-state index contributed by atoms with van der Waals surface area (Å²) in [5.74, 6) is 5.75. The van der Waals surface area contributed by atoms with Crippen LogP contribution in [0.4, 0.5) is 11.5 Å². The van der Waals surface area contributed by atoms with Crippen LogP contribution >= 0.6 is 0 Å². The zero-order valence-corrected chi connectivity index (χ0v) is 13.2. The number of nitro groups is 1. The van der Waals surface area contributed by atoms with Crippen LogP contribution in [0.25, 0.3) is 0 Å². The van der Waals surface area contributed by atoms with E-state index in [9.17, 15) is 14.9 Å². The zero-order chi connectivity index (χ0) is 16.7. The molecular weight excluding hydrogens is 296 g/mol. The predicted octanol–water partition coefficient (Wildman–Crippen LogP) is 1.83. The molecule has 2 rings (SSSR count). The molecule has 0 saturated carbocycles. The highest BCUT2D eigenvalue weighted by atomic mass is 16.6. The van der Waals surface area contributed by atoms with E-state index in [1.165, 1.54) is 6.07 Å². The lowest BCUT2D eigenvalue weighted by atomic mass is 10.2. The minimum atomic E-state index is -0.431. The van der Waals surface area contributed by atoms with Crippen molar-refractivity contribution in [2.24, 2.45) is 0 Å². The van der Waals surface area contributed by atoms with Crippen LogP contribution in [0.5, 0.6) is 0 Å². The van der Waals surface area contributed by atoms with Crippen LogP contribution in [0.2, 0.25) is 0 Å². The number of hydrogen-bond donors (Lipinski definition) is 0. The van der Waals surface area contributed by atoms with E-state index in [0.717, 1.165) is 19.3 Å². The average Bonchev–Trinajstić information content (AvgIpc) is 2.58. The number of aromatic nitrogens is 1. The first-order valence-corrected chi connectivity index (χ1v) is 7.75. The fraction of sp³-hybridized carbons (Fsp3) is 0.500. The topological polar surface area (TPSA) is 79.6 Å². The predicted molar refractivity (Wildman–Crippen MR) is 87.0 cm³/mol. The molecule has 0 N–H and O–H groups in total. The minimum Gasteiger partial charge on any atom is -0.347 e. The van der Waals surface area contributed by atoms with Gasteiger partial charge >= 0.3 is 5.69 Å². The molecule has 1 fully saturated rings. The minimum absolute atomic E-state index is 0.00775. The monoisotopic (exact) mass is 316 g/mol. The van der Waals surface area contributed by atoms with Gasteiger partial charge in [0.1, 0.15) is 0 Å². The lowest BCUT2D eigenvalue weighted by Gasteiger charge is -2.34. The number of carbonyl (C=O) groups excluding carboxylic acids is 1. The van der Waals surface area contributed by atoms with Gasteiger partial charge in [-0.25, -0.2) is 4.98 Å². The van der Waals surface area contributed by atoms with E-state index < -0.39 is 4.92 Å². The van der Waals surface area contributed by atoms with Crippen molar-refractivity contribution in [3.63, 3.8) is 0 Å². The van der Waals surface area contributed by atoms with Gasteiger partial charge in [0.2, 0.25) is 5.82 Å². The summed E-state index contributed by atoms with van der Waals surface area (Å²) in [6.45, 7) is 4.10. The maximum Gasteiger partial charge on any atom is 0.311 e. The summed E-state index contributed by atoms with van der Waals surface area (Å²) in [7, 11) is 0. The van der Waals surface area contributed by atoms with Crippen LogP contribution in [0.3, 0.4) is 0 Å². The maximum absolute atomic E-state index is 12.0. The molecule has 0 aliphatic carbocycles. The normalized spacial score (nSPS) is 14.1. The van der Waals surface area contributed by atoms with Crippen LogP contribution in [-0.2, 0) is 4.79 Å². The Balaban J connectivity index is 1.95. The third-order valence-corrected chi connectivity index (χ3v) is 3.68. The molecule has 0 bridgehead atoms. The van der Waals surface area contributed by atoms with Crippen molar-refractivity contribution in [3.8, 4) is 11.8 Å². The van der Waals surface area contributed by atoms with Gasteiger partial charge in [-0.05, 0) is 18.4 Å². The van der Waals surface area contributed by atoms with Gasteiger partial charge in [0.05, 0.1) is 4.92 Å². The Morgan fingerprint density at radius 1 is 1.39 bits per heavy atom. The van der Waals surface area contributed by atoms with Crippen LogP contribution in [0, 0.1) is 22.0 Å². The third kappa shape index (κ3) is 4.42. The summed E-state index contributed by atoms with van der Waals surface area (Å²) < 4.78 is 0. The van der Waals surface area contributed by atoms with Crippen molar-refractivity contribution >= 4 is 17.4 Å². The van der Waals surface area contributed by atoms with Gasteiger partial charge in [-0.3, -0.25) is 14.9 Å². The molecule has 7 nitrogen and oxygen atoms in total. The molecule has 0 spiro atoms. The van der Waals surface area contributed by atoms with Gasteiger partial charge in [0.15, 0.2) is 0 Å². The lowest BCUT2D eigenvalue weighted by Crippen LogP contribution is -2.48. The number of pyridine rings is 1. The Labute approximate surface area is 135 Å². The molecule has 0 atom stereocenters. The number of carbonyl (C=O) groups is 1. The number of rotatable bonds is 4. The number of unbranched alkanes of at least 4 members (excludes halogenated alkanes) is 2. The number of piperazine rings is 1. The van der Waals surface area contributed by atoms with Gasteiger partial charge in [-0.1, -0.05) is 19.3 Å². The highest BCUT2D eigenvalue weighted by Crippen LogP contribution is 2.25. The van der Waals surface area contributed by atoms with E-state index in [4.69, 9.17) is 0 Å². The second-order valence-corrected chi connectivity index (χ2v) is 5.29. The Hall–Kier alpha value is -2.62. The lowest BCUT2D eigenvalue weighted by molar-refractivity contribution is -0.384. The van der Waals surface area contributed by atoms with Crippen molar-refractivity contribution in [2.75, 3.05) is 31.1 Å². The molecular formula is C16H20N4O3. The van der Waals surface area contributed by atoms with Crippen LogP contribution in [0.1, 0.15) is 26.2 Å². The van der Waals surface area contributed by atoms with Gasteiger partial charge in [-0.2, -0.15) is 0 Å². The quantitative estimate of drug-likeness (QED) is 0.366. The van der Waals surface area contributed by atoms with E-state index in [2.05, 4.69) is 23.7 Å². The van der Waals surface area contributed by atoms with Crippen molar-refractivity contribution in [2.45, 2.75) is 26.2 Å². The first-order chi connectivity index (χ1) is 11.1. The van der Waals surface area contributed by atoms with Crippen molar-refractivity contribution in [1.82, 2.24) is 9.88 Å². The Morgan fingerprint density at radius 3 is 2.78 bits per heavy atom. The number of anilines is 1. The number of amides is 1. The molecule has 1 amide bonds. The SMILES string of the molecule is CCCCC#CC(=O)N1CCN(c2ncccc2[N+](=O)[O-])CC1. The summed E-state index contributed by atoms with van der Waals surface area (Å²) in [6.07, 6.45) is 4.34. The highest BCUT2D eigenvalue weighted by molar-refractivity contribution is 5.93. The fourth-order valence-electron chi connectivity index (χ4n) is 2.38. The van der Waals surface area contributed by atoms with E-state index in [1.807, 2.05) is 4.90 Å². The van der Waals surface area contributed by atoms with E-state index in [1.54, 1.807) is 17.2 Å². The average molecular weight is 316 g/mol. The molecule has 7 heteroatoms. The van der Waals surface area contributed by atoms with E-state index in [0.29, 0.717) is 32.0 Å². The molecule has 1 aliphatic rings. The summed E-state index contributed by atoms with van der Waals surface area (Å²) in [5.41, 5.74) is -0.00775. The van der Waals surface area contributed by atoms with Crippen molar-refractivity contribution < 1.29 is 9.72 Å². The van der Waals surface area contributed by atoms with E-state index in [-0.39, 0.29) is 11.6 Å². The zero-order valence-electron chi connectivity index (χ0n) is 13.2. The Bertz CT molecular complexity index is 628. The van der Waals surface area contributed by atoms with Gasteiger partial charge in [0, 0.05) is 44.9 Å². The summed E-state index contributed by atoms with van der Waals surface area (Å²) in [4.78, 5) is 30.3. The standard InChI is InChI=1S/C16H20N4O3/c1-2-3-4-5-8-15(21)18-10-12-19(13-11-18)16-14(20(22)23)7-6-9-17-16/h6-7,9H,2-4,10-13H2,1H3. The molecule has 0 unspecified atom stereocenters.